The lowest BCUT2D eigenvalue weighted by molar-refractivity contribution is -0.142. The SMILES string of the molecule is CCCc1nc(C(=O)N2CCN(C(=O)C3CCCO3)CC2)cs1. The van der Waals surface area contributed by atoms with E-state index >= 15 is 0 Å². The van der Waals surface area contributed by atoms with E-state index in [2.05, 4.69) is 11.9 Å². The van der Waals surface area contributed by atoms with Gasteiger partial charge in [0.1, 0.15) is 11.8 Å². The van der Waals surface area contributed by atoms with E-state index in [9.17, 15) is 9.59 Å². The summed E-state index contributed by atoms with van der Waals surface area (Å²) in [7, 11) is 0. The molecule has 2 saturated heterocycles. The van der Waals surface area contributed by atoms with Gasteiger partial charge in [0, 0.05) is 38.2 Å². The van der Waals surface area contributed by atoms with Gasteiger partial charge >= 0.3 is 0 Å². The molecule has 0 saturated carbocycles. The van der Waals surface area contributed by atoms with Gasteiger partial charge in [0.2, 0.25) is 0 Å². The number of carbonyl (C=O) groups excluding carboxylic acids is 2. The number of thiazole rings is 1. The van der Waals surface area contributed by atoms with E-state index in [0.717, 1.165) is 30.7 Å². The van der Waals surface area contributed by atoms with Crippen LogP contribution in [0.1, 0.15) is 41.7 Å². The third-order valence-corrected chi connectivity index (χ3v) is 5.23. The van der Waals surface area contributed by atoms with E-state index in [4.69, 9.17) is 4.74 Å². The molecule has 6 nitrogen and oxygen atoms in total. The van der Waals surface area contributed by atoms with E-state index < -0.39 is 0 Å². The molecule has 7 heteroatoms. The Morgan fingerprint density at radius 3 is 2.70 bits per heavy atom. The fraction of sp³-hybridized carbons (Fsp3) is 0.688. The van der Waals surface area contributed by atoms with Crippen LogP contribution in [-0.4, -0.2) is 65.5 Å². The first-order chi connectivity index (χ1) is 11.2. The number of carbonyl (C=O) groups is 2. The maximum absolute atomic E-state index is 12.5. The average Bonchev–Trinajstić information content (AvgIpc) is 3.26. The summed E-state index contributed by atoms with van der Waals surface area (Å²) in [6.07, 6.45) is 3.45. The lowest BCUT2D eigenvalue weighted by atomic mass is 10.2. The van der Waals surface area contributed by atoms with Gasteiger partial charge in [-0.25, -0.2) is 4.98 Å². The Hall–Kier alpha value is -1.47. The predicted octanol–water partition coefficient (Wildman–Crippen LogP) is 1.56. The number of hydrogen-bond acceptors (Lipinski definition) is 5. The van der Waals surface area contributed by atoms with Gasteiger partial charge in [-0.2, -0.15) is 0 Å². The van der Waals surface area contributed by atoms with Gasteiger partial charge in [0.05, 0.1) is 5.01 Å². The van der Waals surface area contributed by atoms with Crippen LogP contribution in [0, 0.1) is 0 Å². The van der Waals surface area contributed by atoms with E-state index in [0.29, 0.717) is 38.5 Å². The molecule has 2 fully saturated rings. The molecular weight excluding hydrogens is 314 g/mol. The van der Waals surface area contributed by atoms with E-state index in [-0.39, 0.29) is 17.9 Å². The number of aryl methyl sites for hydroxylation is 1. The number of ether oxygens (including phenoxy) is 1. The van der Waals surface area contributed by atoms with Crippen molar-refractivity contribution in [2.75, 3.05) is 32.8 Å². The first-order valence-corrected chi connectivity index (χ1v) is 9.21. The first kappa shape index (κ1) is 16.4. The largest absolute Gasteiger partial charge is 0.368 e. The Balaban J connectivity index is 1.53. The van der Waals surface area contributed by atoms with Crippen LogP contribution in [0.15, 0.2) is 5.38 Å². The van der Waals surface area contributed by atoms with Crippen molar-refractivity contribution >= 4 is 23.2 Å². The van der Waals surface area contributed by atoms with Crippen LogP contribution in [0.4, 0.5) is 0 Å². The Bertz CT molecular complexity index is 561. The minimum Gasteiger partial charge on any atom is -0.368 e. The zero-order chi connectivity index (χ0) is 16.2. The van der Waals surface area contributed by atoms with Gasteiger partial charge < -0.3 is 14.5 Å². The molecule has 0 aliphatic carbocycles. The Labute approximate surface area is 140 Å². The summed E-state index contributed by atoms with van der Waals surface area (Å²) in [5.41, 5.74) is 0.539. The molecule has 1 aromatic heterocycles. The quantitative estimate of drug-likeness (QED) is 0.836. The van der Waals surface area contributed by atoms with Crippen molar-refractivity contribution < 1.29 is 14.3 Å². The lowest BCUT2D eigenvalue weighted by Crippen LogP contribution is -2.52. The maximum atomic E-state index is 12.5. The van der Waals surface area contributed by atoms with Crippen molar-refractivity contribution in [3.05, 3.63) is 16.1 Å². The molecule has 1 atom stereocenters. The van der Waals surface area contributed by atoms with Gasteiger partial charge in [0.25, 0.3) is 11.8 Å². The highest BCUT2D eigenvalue weighted by Crippen LogP contribution is 2.18. The second kappa shape index (κ2) is 7.40. The number of aromatic nitrogens is 1. The van der Waals surface area contributed by atoms with Crippen LogP contribution >= 0.6 is 11.3 Å². The van der Waals surface area contributed by atoms with Crippen LogP contribution < -0.4 is 0 Å². The Kier molecular flexibility index (Phi) is 5.27. The smallest absolute Gasteiger partial charge is 0.273 e. The molecule has 1 aromatic rings. The molecule has 2 amide bonds. The molecule has 1 unspecified atom stereocenters. The summed E-state index contributed by atoms with van der Waals surface area (Å²) in [6.45, 7) is 5.08. The molecule has 3 rings (SSSR count). The van der Waals surface area contributed by atoms with Crippen molar-refractivity contribution in [2.45, 2.75) is 38.7 Å². The van der Waals surface area contributed by atoms with Gasteiger partial charge in [0.15, 0.2) is 0 Å². The highest BCUT2D eigenvalue weighted by Gasteiger charge is 2.31. The summed E-state index contributed by atoms with van der Waals surface area (Å²) in [5.74, 6) is 0.0568. The minimum atomic E-state index is -0.271. The Morgan fingerprint density at radius 1 is 1.30 bits per heavy atom. The average molecular weight is 337 g/mol. The fourth-order valence-corrected chi connectivity index (χ4v) is 3.88. The third kappa shape index (κ3) is 3.72. The molecule has 2 aliphatic rings. The summed E-state index contributed by atoms with van der Waals surface area (Å²) >= 11 is 1.55. The van der Waals surface area contributed by atoms with Gasteiger partial charge in [-0.3, -0.25) is 9.59 Å². The third-order valence-electron chi connectivity index (χ3n) is 4.32. The summed E-state index contributed by atoms with van der Waals surface area (Å²) in [5, 5.41) is 2.86. The van der Waals surface area contributed by atoms with Crippen molar-refractivity contribution in [3.8, 4) is 0 Å². The molecule has 0 radical (unpaired) electrons. The number of amides is 2. The first-order valence-electron chi connectivity index (χ1n) is 8.33. The van der Waals surface area contributed by atoms with E-state index in [1.165, 1.54) is 0 Å². The van der Waals surface area contributed by atoms with Gasteiger partial charge in [-0.15, -0.1) is 11.3 Å². The molecule has 0 spiro atoms. The van der Waals surface area contributed by atoms with E-state index in [1.807, 2.05) is 10.3 Å². The molecular formula is C16H23N3O3S. The molecule has 0 bridgehead atoms. The van der Waals surface area contributed by atoms with Crippen LogP contribution in [0.3, 0.4) is 0 Å². The highest BCUT2D eigenvalue weighted by molar-refractivity contribution is 7.09. The van der Waals surface area contributed by atoms with Crippen molar-refractivity contribution in [3.63, 3.8) is 0 Å². The van der Waals surface area contributed by atoms with Gasteiger partial charge in [-0.05, 0) is 25.7 Å². The molecule has 126 valence electrons. The zero-order valence-corrected chi connectivity index (χ0v) is 14.3. The van der Waals surface area contributed by atoms with Crippen molar-refractivity contribution in [1.29, 1.82) is 0 Å². The molecule has 0 aromatic carbocycles. The normalized spacial score (nSPS) is 21.7. The number of nitrogens with zero attached hydrogens (tertiary/aromatic N) is 3. The number of rotatable bonds is 4. The number of piperazine rings is 1. The standard InChI is InChI=1S/C16H23N3O3S/c1-2-4-14-17-12(11-23-14)15(20)18-6-8-19(9-7-18)16(21)13-5-3-10-22-13/h11,13H,2-10H2,1H3. The summed E-state index contributed by atoms with van der Waals surface area (Å²) in [6, 6.07) is 0. The number of hydrogen-bond donors (Lipinski definition) is 0. The molecule has 23 heavy (non-hydrogen) atoms. The minimum absolute atomic E-state index is 0.0205. The van der Waals surface area contributed by atoms with Crippen molar-refractivity contribution in [1.82, 2.24) is 14.8 Å². The maximum Gasteiger partial charge on any atom is 0.273 e. The van der Waals surface area contributed by atoms with Gasteiger partial charge in [-0.1, -0.05) is 6.92 Å². The summed E-state index contributed by atoms with van der Waals surface area (Å²) in [4.78, 5) is 32.8. The zero-order valence-electron chi connectivity index (χ0n) is 13.5. The van der Waals surface area contributed by atoms with Crippen LogP contribution in [0.2, 0.25) is 0 Å². The second-order valence-corrected chi connectivity index (χ2v) is 6.94. The lowest BCUT2D eigenvalue weighted by Gasteiger charge is -2.35. The molecule has 3 heterocycles. The highest BCUT2D eigenvalue weighted by atomic mass is 32.1. The van der Waals surface area contributed by atoms with Crippen LogP contribution in [0.25, 0.3) is 0 Å². The van der Waals surface area contributed by atoms with Crippen LogP contribution in [-0.2, 0) is 16.0 Å². The van der Waals surface area contributed by atoms with E-state index in [1.54, 1.807) is 16.2 Å². The van der Waals surface area contributed by atoms with Crippen molar-refractivity contribution in [2.24, 2.45) is 0 Å². The monoisotopic (exact) mass is 337 g/mol. The predicted molar refractivity (Wildman–Crippen MR) is 87.6 cm³/mol. The molecule has 2 aliphatic heterocycles. The summed E-state index contributed by atoms with van der Waals surface area (Å²) < 4.78 is 5.46. The van der Waals surface area contributed by atoms with Crippen LogP contribution in [0.5, 0.6) is 0 Å². The fourth-order valence-electron chi connectivity index (χ4n) is 3.01. The topological polar surface area (TPSA) is 62.7 Å². The second-order valence-electron chi connectivity index (χ2n) is 6.00. The Morgan fingerprint density at radius 2 is 2.04 bits per heavy atom. The molecule has 0 N–H and O–H groups in total.